The molecule has 3 heterocycles. The van der Waals surface area contributed by atoms with Crippen LogP contribution < -0.4 is 4.90 Å². The molecule has 0 radical (unpaired) electrons. The van der Waals surface area contributed by atoms with Gasteiger partial charge >= 0.3 is 24.3 Å². The average molecular weight is 595 g/mol. The van der Waals surface area contributed by atoms with Gasteiger partial charge in [0.15, 0.2) is 0 Å². The van der Waals surface area contributed by atoms with Gasteiger partial charge in [0.25, 0.3) is 5.91 Å². The number of hydrogen-bond donors (Lipinski definition) is 2. The van der Waals surface area contributed by atoms with Crippen molar-refractivity contribution in [1.82, 2.24) is 9.88 Å². The first-order chi connectivity index (χ1) is 19.0. The number of carboxylic acid groups (broad SMARTS) is 2. The summed E-state index contributed by atoms with van der Waals surface area (Å²) >= 11 is 0. The molecule has 1 amide bonds. The van der Waals surface area contributed by atoms with Crippen LogP contribution in [0.5, 0.6) is 0 Å². The van der Waals surface area contributed by atoms with E-state index in [1.54, 1.807) is 0 Å². The lowest BCUT2D eigenvalue weighted by Crippen LogP contribution is -2.60. The Kier molecular flexibility index (Phi) is 11.6. The van der Waals surface area contributed by atoms with E-state index in [0.717, 1.165) is 25.3 Å². The lowest BCUT2D eigenvalue weighted by molar-refractivity contribution is -0.193. The van der Waals surface area contributed by atoms with Crippen molar-refractivity contribution in [3.63, 3.8) is 0 Å². The fourth-order valence-electron chi connectivity index (χ4n) is 3.72. The first-order valence-electron chi connectivity index (χ1n) is 11.8. The van der Waals surface area contributed by atoms with Crippen LogP contribution >= 0.6 is 0 Å². The van der Waals surface area contributed by atoms with Crippen molar-refractivity contribution in [1.29, 1.82) is 0 Å². The highest BCUT2D eigenvalue weighted by Gasteiger charge is 2.43. The normalized spacial score (nSPS) is 19.8. The zero-order chi connectivity index (χ0) is 30.8. The SMILES string of the molecule is Cc1ccc(N2CC3(COCCN(Cc4ccncc4)C3)OCC2=O)cc1.O=C(O)C(F)(F)F.O=C(O)C(F)(F)F. The summed E-state index contributed by atoms with van der Waals surface area (Å²) < 4.78 is 75.4. The molecule has 1 aromatic heterocycles. The molecule has 1 spiro atoms. The monoisotopic (exact) mass is 595 g/mol. The molecule has 1 aromatic carbocycles. The van der Waals surface area contributed by atoms with Gasteiger partial charge in [0.2, 0.25) is 0 Å². The highest BCUT2D eigenvalue weighted by molar-refractivity contribution is 5.95. The van der Waals surface area contributed by atoms with Crippen LogP contribution in [0.2, 0.25) is 0 Å². The number of amides is 1. The molecule has 0 bridgehead atoms. The molecule has 2 saturated heterocycles. The molecule has 2 fully saturated rings. The number of carbonyl (C=O) groups excluding carboxylic acids is 1. The molecule has 16 heteroatoms. The van der Waals surface area contributed by atoms with Gasteiger partial charge in [-0.25, -0.2) is 9.59 Å². The predicted molar refractivity (Wildman–Crippen MR) is 130 cm³/mol. The number of alkyl halides is 6. The minimum Gasteiger partial charge on any atom is -0.475 e. The van der Waals surface area contributed by atoms with Crippen LogP contribution in [0.1, 0.15) is 11.1 Å². The van der Waals surface area contributed by atoms with Crippen molar-refractivity contribution in [2.24, 2.45) is 0 Å². The quantitative estimate of drug-likeness (QED) is 0.514. The van der Waals surface area contributed by atoms with E-state index in [0.29, 0.717) is 19.8 Å². The summed E-state index contributed by atoms with van der Waals surface area (Å²) in [6.07, 6.45) is -6.54. The van der Waals surface area contributed by atoms with E-state index in [-0.39, 0.29) is 12.5 Å². The van der Waals surface area contributed by atoms with Gasteiger partial charge in [0, 0.05) is 37.7 Å². The second-order valence-corrected chi connectivity index (χ2v) is 9.01. The van der Waals surface area contributed by atoms with E-state index in [4.69, 9.17) is 29.3 Å². The maximum absolute atomic E-state index is 12.5. The number of anilines is 1. The van der Waals surface area contributed by atoms with Crippen molar-refractivity contribution in [2.75, 3.05) is 44.4 Å². The van der Waals surface area contributed by atoms with E-state index in [9.17, 15) is 31.1 Å². The number of aliphatic carboxylic acids is 2. The summed E-state index contributed by atoms with van der Waals surface area (Å²) in [6, 6.07) is 12.1. The summed E-state index contributed by atoms with van der Waals surface area (Å²) in [5.74, 6) is -5.52. The molecule has 0 saturated carbocycles. The first kappa shape index (κ1) is 33.4. The van der Waals surface area contributed by atoms with Crippen molar-refractivity contribution >= 4 is 23.5 Å². The summed E-state index contributed by atoms with van der Waals surface area (Å²) in [4.78, 5) is 38.6. The number of morpholine rings is 1. The highest BCUT2D eigenvalue weighted by Crippen LogP contribution is 2.28. The highest BCUT2D eigenvalue weighted by atomic mass is 19.4. The third-order valence-electron chi connectivity index (χ3n) is 5.66. The number of aromatic nitrogens is 1. The standard InChI is InChI=1S/C21H25N3O3.2C2HF3O2/c1-17-2-4-19(5-3-17)24-15-21(27-13-20(24)25)14-23(10-11-26-16-21)12-18-6-8-22-9-7-18;2*3-2(4,5)1(6)7/h2-9H,10-16H2,1H3;2*(H,6,7). The largest absolute Gasteiger partial charge is 0.490 e. The number of aryl methyl sites for hydroxylation is 1. The van der Waals surface area contributed by atoms with Crippen LogP contribution in [0, 0.1) is 6.92 Å². The van der Waals surface area contributed by atoms with Gasteiger partial charge in [0.05, 0.1) is 19.8 Å². The summed E-state index contributed by atoms with van der Waals surface area (Å²) in [5, 5.41) is 14.2. The van der Waals surface area contributed by atoms with E-state index in [1.165, 1.54) is 11.1 Å². The molecule has 10 nitrogen and oxygen atoms in total. The molecule has 2 aromatic rings. The van der Waals surface area contributed by atoms with Crippen LogP contribution in [-0.2, 0) is 30.4 Å². The van der Waals surface area contributed by atoms with Crippen molar-refractivity contribution < 1.29 is 60.4 Å². The van der Waals surface area contributed by atoms with Crippen LogP contribution in [-0.4, -0.2) is 95.4 Å². The van der Waals surface area contributed by atoms with Crippen LogP contribution in [0.25, 0.3) is 0 Å². The minimum absolute atomic E-state index is 0.00518. The zero-order valence-electron chi connectivity index (χ0n) is 21.6. The van der Waals surface area contributed by atoms with E-state index < -0.39 is 29.9 Å². The van der Waals surface area contributed by atoms with Gasteiger partial charge in [-0.05, 0) is 36.8 Å². The molecule has 2 aliphatic rings. The number of benzene rings is 1. The first-order valence-corrected chi connectivity index (χ1v) is 11.8. The maximum atomic E-state index is 12.5. The van der Waals surface area contributed by atoms with E-state index in [2.05, 4.69) is 9.88 Å². The van der Waals surface area contributed by atoms with E-state index in [1.807, 2.05) is 60.6 Å². The number of nitrogens with zero attached hydrogens (tertiary/aromatic N) is 3. The Hall–Kier alpha value is -3.76. The van der Waals surface area contributed by atoms with Gasteiger partial charge in [-0.3, -0.25) is 14.7 Å². The lowest BCUT2D eigenvalue weighted by Gasteiger charge is -2.43. The molecule has 2 N–H and O–H groups in total. The number of carbonyl (C=O) groups is 3. The predicted octanol–water partition coefficient (Wildman–Crippen LogP) is 3.29. The second kappa shape index (κ2) is 14.2. The van der Waals surface area contributed by atoms with Crippen molar-refractivity contribution in [3.05, 3.63) is 59.9 Å². The van der Waals surface area contributed by atoms with Crippen LogP contribution in [0.3, 0.4) is 0 Å². The minimum atomic E-state index is -5.08. The third kappa shape index (κ3) is 11.0. The number of rotatable bonds is 3. The summed E-state index contributed by atoms with van der Waals surface area (Å²) in [6.45, 7) is 6.17. The molecule has 1 unspecified atom stereocenters. The third-order valence-corrected chi connectivity index (χ3v) is 5.66. The maximum Gasteiger partial charge on any atom is 0.490 e. The second-order valence-electron chi connectivity index (χ2n) is 9.01. The number of ether oxygens (including phenoxy) is 2. The van der Waals surface area contributed by atoms with Crippen LogP contribution in [0.4, 0.5) is 32.0 Å². The number of pyridine rings is 1. The smallest absolute Gasteiger partial charge is 0.475 e. The molecule has 226 valence electrons. The molecule has 4 rings (SSSR count). The van der Waals surface area contributed by atoms with Gasteiger partial charge in [0.1, 0.15) is 12.2 Å². The topological polar surface area (TPSA) is 130 Å². The number of hydrogen-bond acceptors (Lipinski definition) is 7. The Morgan fingerprint density at radius 2 is 1.49 bits per heavy atom. The van der Waals surface area contributed by atoms with Crippen molar-refractivity contribution in [3.8, 4) is 0 Å². The summed E-state index contributed by atoms with van der Waals surface area (Å²) in [5.41, 5.74) is 2.79. The fourth-order valence-corrected chi connectivity index (χ4v) is 3.72. The van der Waals surface area contributed by atoms with Gasteiger partial charge in [-0.1, -0.05) is 17.7 Å². The lowest BCUT2D eigenvalue weighted by atomic mass is 10.0. The molecular weight excluding hydrogens is 568 g/mol. The molecule has 0 aliphatic carbocycles. The average Bonchev–Trinajstić information content (AvgIpc) is 3.08. The fraction of sp³-hybridized carbons (Fsp3) is 0.440. The molecule has 41 heavy (non-hydrogen) atoms. The van der Waals surface area contributed by atoms with Gasteiger partial charge < -0.3 is 24.6 Å². The van der Waals surface area contributed by atoms with Crippen molar-refractivity contribution in [2.45, 2.75) is 31.4 Å². The van der Waals surface area contributed by atoms with Gasteiger partial charge in [-0.2, -0.15) is 26.3 Å². The molecular formula is C25H27F6N3O7. The molecule has 1 atom stereocenters. The summed E-state index contributed by atoms with van der Waals surface area (Å²) in [7, 11) is 0. The van der Waals surface area contributed by atoms with Crippen LogP contribution in [0.15, 0.2) is 48.8 Å². The Morgan fingerprint density at radius 1 is 0.951 bits per heavy atom. The Balaban J connectivity index is 0.000000349. The number of halogens is 6. The zero-order valence-corrected chi connectivity index (χ0v) is 21.6. The Morgan fingerprint density at radius 3 is 2.00 bits per heavy atom. The Bertz CT molecular complexity index is 1140. The number of carboxylic acids is 2. The van der Waals surface area contributed by atoms with E-state index >= 15 is 0 Å². The Labute approximate surface area is 230 Å². The molecule has 2 aliphatic heterocycles. The van der Waals surface area contributed by atoms with Gasteiger partial charge in [-0.15, -0.1) is 0 Å².